The number of carbonyl (C=O) groups excluding carboxylic acids is 2. The van der Waals surface area contributed by atoms with Gasteiger partial charge in [0.25, 0.3) is 5.91 Å². The first kappa shape index (κ1) is 19.9. The van der Waals surface area contributed by atoms with Crippen LogP contribution in [-0.2, 0) is 11.2 Å². The van der Waals surface area contributed by atoms with E-state index in [0.29, 0.717) is 50.3 Å². The van der Waals surface area contributed by atoms with Crippen molar-refractivity contribution in [1.29, 1.82) is 0 Å². The first-order chi connectivity index (χ1) is 13.5. The molecule has 0 atom stereocenters. The summed E-state index contributed by atoms with van der Waals surface area (Å²) in [5, 5.41) is 0. The number of para-hydroxylation sites is 1. The molecule has 6 heteroatoms. The number of benzene rings is 2. The van der Waals surface area contributed by atoms with Crippen LogP contribution in [0.5, 0.6) is 0 Å². The van der Waals surface area contributed by atoms with Crippen LogP contribution in [0.3, 0.4) is 0 Å². The summed E-state index contributed by atoms with van der Waals surface area (Å²) < 4.78 is 13.9. The van der Waals surface area contributed by atoms with E-state index in [9.17, 15) is 14.0 Å². The molecule has 0 bridgehead atoms. The van der Waals surface area contributed by atoms with Gasteiger partial charge in [-0.2, -0.15) is 0 Å². The van der Waals surface area contributed by atoms with Gasteiger partial charge in [0.15, 0.2) is 0 Å². The summed E-state index contributed by atoms with van der Waals surface area (Å²) in [4.78, 5) is 29.8. The number of halogens is 1. The number of hydrogen-bond acceptors (Lipinski definition) is 3. The Morgan fingerprint density at radius 2 is 1.61 bits per heavy atom. The minimum atomic E-state index is -0.224. The number of piperazine rings is 1. The van der Waals surface area contributed by atoms with Gasteiger partial charge in [-0.25, -0.2) is 4.39 Å². The fraction of sp³-hybridized carbons (Fsp3) is 0.364. The van der Waals surface area contributed by atoms with E-state index in [2.05, 4.69) is 0 Å². The molecule has 0 aromatic heterocycles. The molecule has 0 spiro atoms. The van der Waals surface area contributed by atoms with Crippen molar-refractivity contribution < 1.29 is 14.0 Å². The zero-order valence-electron chi connectivity index (χ0n) is 16.4. The largest absolute Gasteiger partial charge is 0.366 e. The first-order valence-electron chi connectivity index (χ1n) is 9.53. The van der Waals surface area contributed by atoms with E-state index in [1.54, 1.807) is 43.3 Å². The standard InChI is InChI=1S/C22H26FN3O2/c1-24(2)22(28)18-10-7-17(8-11-18)9-12-21(27)26-15-13-25(14-16-26)20-6-4-3-5-19(20)23/h3-8,10-11H,9,12-16H2,1-2H3. The lowest BCUT2D eigenvalue weighted by Gasteiger charge is -2.36. The summed E-state index contributed by atoms with van der Waals surface area (Å²) in [6.45, 7) is 2.47. The molecule has 1 heterocycles. The Morgan fingerprint density at radius 3 is 2.21 bits per heavy atom. The van der Waals surface area contributed by atoms with Gasteiger partial charge in [0.2, 0.25) is 5.91 Å². The Bertz CT molecular complexity index is 828. The molecule has 2 aromatic rings. The Kier molecular flexibility index (Phi) is 6.29. The minimum absolute atomic E-state index is 0.0321. The van der Waals surface area contributed by atoms with Gasteiger partial charge >= 0.3 is 0 Å². The van der Waals surface area contributed by atoms with Gasteiger partial charge in [0.1, 0.15) is 5.82 Å². The second-order valence-electron chi connectivity index (χ2n) is 7.22. The van der Waals surface area contributed by atoms with Crippen LogP contribution in [0.1, 0.15) is 22.3 Å². The van der Waals surface area contributed by atoms with Crippen LogP contribution in [0.15, 0.2) is 48.5 Å². The molecule has 2 aromatic carbocycles. The molecule has 2 amide bonds. The zero-order chi connectivity index (χ0) is 20.1. The molecule has 1 aliphatic heterocycles. The number of nitrogens with zero attached hydrogens (tertiary/aromatic N) is 3. The van der Waals surface area contributed by atoms with Gasteiger partial charge in [-0.05, 0) is 36.2 Å². The highest BCUT2D eigenvalue weighted by atomic mass is 19.1. The van der Waals surface area contributed by atoms with Gasteiger partial charge in [-0.1, -0.05) is 24.3 Å². The van der Waals surface area contributed by atoms with Crippen LogP contribution in [0.4, 0.5) is 10.1 Å². The molecule has 148 valence electrons. The highest BCUT2D eigenvalue weighted by Crippen LogP contribution is 2.20. The third kappa shape index (κ3) is 4.68. The maximum atomic E-state index is 13.9. The van der Waals surface area contributed by atoms with Gasteiger partial charge in [0, 0.05) is 52.3 Å². The van der Waals surface area contributed by atoms with Crippen molar-refractivity contribution in [3.63, 3.8) is 0 Å². The van der Waals surface area contributed by atoms with Gasteiger partial charge in [0.05, 0.1) is 5.69 Å². The molecule has 1 aliphatic rings. The Labute approximate surface area is 165 Å². The molecule has 0 unspecified atom stereocenters. The lowest BCUT2D eigenvalue weighted by Crippen LogP contribution is -2.49. The van der Waals surface area contributed by atoms with Crippen molar-refractivity contribution >= 4 is 17.5 Å². The first-order valence-corrected chi connectivity index (χ1v) is 9.53. The summed E-state index contributed by atoms with van der Waals surface area (Å²) in [5.74, 6) is -0.143. The topological polar surface area (TPSA) is 43.9 Å². The maximum absolute atomic E-state index is 13.9. The molecule has 0 saturated carbocycles. The van der Waals surface area contributed by atoms with Crippen molar-refractivity contribution in [3.8, 4) is 0 Å². The Morgan fingerprint density at radius 1 is 0.964 bits per heavy atom. The van der Waals surface area contributed by atoms with E-state index < -0.39 is 0 Å². The molecule has 5 nitrogen and oxygen atoms in total. The Balaban J connectivity index is 1.48. The van der Waals surface area contributed by atoms with Crippen molar-refractivity contribution in [2.45, 2.75) is 12.8 Å². The summed E-state index contributed by atoms with van der Waals surface area (Å²) in [6.07, 6.45) is 1.07. The average molecular weight is 383 g/mol. The predicted octanol–water partition coefficient (Wildman–Crippen LogP) is 2.81. The van der Waals surface area contributed by atoms with Crippen LogP contribution < -0.4 is 4.90 Å². The van der Waals surface area contributed by atoms with Crippen LogP contribution in [0, 0.1) is 5.82 Å². The molecule has 1 fully saturated rings. The van der Waals surface area contributed by atoms with E-state index in [1.807, 2.05) is 28.0 Å². The summed E-state index contributed by atoms with van der Waals surface area (Å²) in [5.41, 5.74) is 2.28. The Hall–Kier alpha value is -2.89. The minimum Gasteiger partial charge on any atom is -0.366 e. The van der Waals surface area contributed by atoms with Crippen LogP contribution in [-0.4, -0.2) is 61.9 Å². The van der Waals surface area contributed by atoms with E-state index in [4.69, 9.17) is 0 Å². The van der Waals surface area contributed by atoms with Crippen molar-refractivity contribution in [3.05, 3.63) is 65.5 Å². The SMILES string of the molecule is CN(C)C(=O)c1ccc(CCC(=O)N2CCN(c3ccccc3F)CC2)cc1. The van der Waals surface area contributed by atoms with E-state index >= 15 is 0 Å². The molecule has 0 aliphatic carbocycles. The predicted molar refractivity (Wildman–Crippen MR) is 108 cm³/mol. The lowest BCUT2D eigenvalue weighted by molar-refractivity contribution is -0.131. The second-order valence-corrected chi connectivity index (χ2v) is 7.22. The fourth-order valence-corrected chi connectivity index (χ4v) is 3.39. The normalized spacial score (nSPS) is 14.1. The molecule has 0 N–H and O–H groups in total. The monoisotopic (exact) mass is 383 g/mol. The molecule has 1 saturated heterocycles. The fourth-order valence-electron chi connectivity index (χ4n) is 3.39. The van der Waals surface area contributed by atoms with E-state index in [0.717, 1.165) is 5.56 Å². The summed E-state index contributed by atoms with van der Waals surface area (Å²) in [7, 11) is 3.45. The molecule has 0 radical (unpaired) electrons. The van der Waals surface area contributed by atoms with E-state index in [-0.39, 0.29) is 17.6 Å². The quantitative estimate of drug-likeness (QED) is 0.798. The number of rotatable bonds is 5. The summed E-state index contributed by atoms with van der Waals surface area (Å²) in [6, 6.07) is 14.2. The number of amides is 2. The number of anilines is 1. The number of hydrogen-bond donors (Lipinski definition) is 0. The second kappa shape index (κ2) is 8.87. The van der Waals surface area contributed by atoms with Gasteiger partial charge < -0.3 is 14.7 Å². The zero-order valence-corrected chi connectivity index (χ0v) is 16.4. The van der Waals surface area contributed by atoms with Crippen molar-refractivity contribution in [2.24, 2.45) is 0 Å². The third-order valence-corrected chi connectivity index (χ3v) is 5.06. The number of carbonyl (C=O) groups is 2. The highest BCUT2D eigenvalue weighted by molar-refractivity contribution is 5.93. The maximum Gasteiger partial charge on any atom is 0.253 e. The van der Waals surface area contributed by atoms with Crippen LogP contribution >= 0.6 is 0 Å². The molecular formula is C22H26FN3O2. The smallest absolute Gasteiger partial charge is 0.253 e. The third-order valence-electron chi connectivity index (χ3n) is 5.06. The molecule has 28 heavy (non-hydrogen) atoms. The van der Waals surface area contributed by atoms with Crippen LogP contribution in [0.25, 0.3) is 0 Å². The average Bonchev–Trinajstić information content (AvgIpc) is 2.72. The van der Waals surface area contributed by atoms with Crippen molar-refractivity contribution in [2.75, 3.05) is 45.2 Å². The highest BCUT2D eigenvalue weighted by Gasteiger charge is 2.22. The van der Waals surface area contributed by atoms with E-state index in [1.165, 1.54) is 6.07 Å². The molecule has 3 rings (SSSR count). The molecular weight excluding hydrogens is 357 g/mol. The van der Waals surface area contributed by atoms with Gasteiger partial charge in [-0.3, -0.25) is 9.59 Å². The van der Waals surface area contributed by atoms with Gasteiger partial charge in [-0.15, -0.1) is 0 Å². The lowest BCUT2D eigenvalue weighted by atomic mass is 10.1. The number of aryl methyl sites for hydroxylation is 1. The van der Waals surface area contributed by atoms with Crippen molar-refractivity contribution in [1.82, 2.24) is 9.80 Å². The summed E-state index contributed by atoms with van der Waals surface area (Å²) >= 11 is 0. The van der Waals surface area contributed by atoms with Crippen LogP contribution in [0.2, 0.25) is 0 Å².